The van der Waals surface area contributed by atoms with Crippen molar-refractivity contribution in [2.45, 2.75) is 89.6 Å². The molecule has 3 aliphatic heterocycles. The summed E-state index contributed by atoms with van der Waals surface area (Å²) in [6, 6.07) is 14.2. The van der Waals surface area contributed by atoms with Crippen LogP contribution in [0.5, 0.6) is 11.5 Å². The molecule has 11 nitrogen and oxygen atoms in total. The number of benzene rings is 3. The third kappa shape index (κ3) is 21.4. The van der Waals surface area contributed by atoms with Crippen LogP contribution in [-0.2, 0) is 6.18 Å². The molecule has 370 valence electrons. The van der Waals surface area contributed by atoms with Crippen molar-refractivity contribution in [3.8, 4) is 11.5 Å². The van der Waals surface area contributed by atoms with E-state index in [4.69, 9.17) is 21.1 Å². The number of ether oxygens (including phenoxy) is 2. The molecule has 0 radical (unpaired) electrons. The van der Waals surface area contributed by atoms with E-state index in [0.29, 0.717) is 60.1 Å². The average Bonchev–Trinajstić information content (AvgIpc) is 3.34. The van der Waals surface area contributed by atoms with Crippen LogP contribution in [0.1, 0.15) is 120 Å². The monoisotopic (exact) mass is 959 g/mol. The molecule has 67 heavy (non-hydrogen) atoms. The Morgan fingerprint density at radius 2 is 1.13 bits per heavy atom. The van der Waals surface area contributed by atoms with Crippen LogP contribution in [-0.4, -0.2) is 125 Å². The Bertz CT molecular complexity index is 1940. The van der Waals surface area contributed by atoms with Crippen molar-refractivity contribution >= 4 is 29.3 Å². The third-order valence-corrected chi connectivity index (χ3v) is 12.0. The van der Waals surface area contributed by atoms with E-state index in [1.807, 2.05) is 30.3 Å². The first-order valence-electron chi connectivity index (χ1n) is 23.9. The summed E-state index contributed by atoms with van der Waals surface area (Å²) in [5.41, 5.74) is -0.298. The van der Waals surface area contributed by atoms with Crippen LogP contribution >= 0.6 is 11.6 Å². The first-order chi connectivity index (χ1) is 32.4. The number of carbonyl (C=O) groups is 3. The van der Waals surface area contributed by atoms with Gasteiger partial charge in [-0.1, -0.05) is 36.9 Å². The molecule has 3 heterocycles. The highest BCUT2D eigenvalue weighted by Gasteiger charge is 2.32. The van der Waals surface area contributed by atoms with Gasteiger partial charge in [0.2, 0.25) is 0 Å². The maximum atomic E-state index is 13.3. The quantitative estimate of drug-likeness (QED) is 0.0583. The lowest BCUT2D eigenvalue weighted by molar-refractivity contribution is -0.137. The first kappa shape index (κ1) is 54.9. The number of hydrogen-bond donors (Lipinski definition) is 3. The average molecular weight is 960 g/mol. The van der Waals surface area contributed by atoms with E-state index < -0.39 is 23.5 Å². The van der Waals surface area contributed by atoms with Gasteiger partial charge < -0.3 is 40.1 Å². The maximum absolute atomic E-state index is 13.3. The number of piperidine rings is 3. The van der Waals surface area contributed by atoms with Crippen LogP contribution < -0.4 is 25.4 Å². The highest BCUT2D eigenvalue weighted by molar-refractivity contribution is 6.31. The van der Waals surface area contributed by atoms with E-state index in [0.717, 1.165) is 70.3 Å². The second-order valence-corrected chi connectivity index (χ2v) is 17.5. The molecule has 0 spiro atoms. The van der Waals surface area contributed by atoms with Crippen molar-refractivity contribution in [1.29, 1.82) is 0 Å². The largest absolute Gasteiger partial charge is 0.496 e. The molecule has 0 aromatic heterocycles. The predicted molar refractivity (Wildman–Crippen MR) is 258 cm³/mol. The predicted octanol–water partition coefficient (Wildman–Crippen LogP) is 9.65. The fraction of sp³-hybridized carbons (Fsp3) is 0.549. The molecule has 16 heteroatoms. The van der Waals surface area contributed by atoms with Crippen LogP contribution in [0.4, 0.5) is 17.6 Å². The smallest absolute Gasteiger partial charge is 0.416 e. The second-order valence-electron chi connectivity index (χ2n) is 17.1. The molecule has 0 unspecified atom stereocenters. The van der Waals surface area contributed by atoms with E-state index >= 15 is 0 Å². The molecular weight excluding hydrogens is 888 g/mol. The van der Waals surface area contributed by atoms with Gasteiger partial charge in [0.1, 0.15) is 17.3 Å². The molecule has 3 amide bonds. The standard InChI is InChI=1S/C19H28N2O2.C16H23ClN2O2.C16H20F4N2O/c1-2-3-16-23-18-10-8-17(9-11-18)19(22)20-12-7-15-21-13-5-4-6-14-21;1-21-15-7-6-13(17)12-14(15)16(20)18-8-5-11-19-9-3-2-4-10-19;17-14-10-12(9-13(11-14)16(18,19)20)15(23)21-5-4-8-22-6-2-1-3-7-22/h2,8-11H,1,3-7,12-16H2,(H,20,22);6-7,12H,2-5,8-11H2,1H3,(H,18,20);9-11H,1-8H2,(H,21,23). The van der Waals surface area contributed by atoms with Gasteiger partial charge in [-0.3, -0.25) is 14.4 Å². The zero-order chi connectivity index (χ0) is 48.3. The highest BCUT2D eigenvalue weighted by Crippen LogP contribution is 2.30. The van der Waals surface area contributed by atoms with Crippen molar-refractivity contribution in [3.05, 3.63) is 106 Å². The molecule has 0 aliphatic carbocycles. The number of hydrogen-bond acceptors (Lipinski definition) is 8. The van der Waals surface area contributed by atoms with Crippen molar-refractivity contribution < 1.29 is 41.4 Å². The summed E-state index contributed by atoms with van der Waals surface area (Å²) in [4.78, 5) is 43.4. The number of halogens is 5. The lowest BCUT2D eigenvalue weighted by Gasteiger charge is -2.26. The number of nitrogens with zero attached hydrogens (tertiary/aromatic N) is 3. The van der Waals surface area contributed by atoms with Crippen LogP contribution in [0.15, 0.2) is 73.3 Å². The van der Waals surface area contributed by atoms with Crippen molar-refractivity contribution in [2.24, 2.45) is 0 Å². The first-order valence-corrected chi connectivity index (χ1v) is 24.3. The number of rotatable bonds is 20. The van der Waals surface area contributed by atoms with Gasteiger partial charge in [-0.15, -0.1) is 6.58 Å². The maximum Gasteiger partial charge on any atom is 0.416 e. The normalized spacial score (nSPS) is 15.7. The molecule has 3 aromatic rings. The molecule has 0 atom stereocenters. The topological polar surface area (TPSA) is 115 Å². The molecule has 6 rings (SSSR count). The van der Waals surface area contributed by atoms with Gasteiger partial charge in [0.15, 0.2) is 0 Å². The van der Waals surface area contributed by atoms with Gasteiger partial charge in [-0.25, -0.2) is 4.39 Å². The van der Waals surface area contributed by atoms with Gasteiger partial charge in [-0.2, -0.15) is 13.2 Å². The van der Waals surface area contributed by atoms with E-state index in [2.05, 4.69) is 37.2 Å². The van der Waals surface area contributed by atoms with Gasteiger partial charge in [-0.05, 0) is 184 Å². The van der Waals surface area contributed by atoms with Crippen LogP contribution in [0.2, 0.25) is 5.02 Å². The Morgan fingerprint density at radius 1 is 0.657 bits per heavy atom. The van der Waals surface area contributed by atoms with E-state index in [-0.39, 0.29) is 17.4 Å². The van der Waals surface area contributed by atoms with Crippen LogP contribution in [0.3, 0.4) is 0 Å². The number of methoxy groups -OCH3 is 1. The van der Waals surface area contributed by atoms with Crippen molar-refractivity contribution in [3.63, 3.8) is 0 Å². The summed E-state index contributed by atoms with van der Waals surface area (Å²) in [6.45, 7) is 15.9. The number of alkyl halides is 3. The number of amides is 3. The van der Waals surface area contributed by atoms with E-state index in [9.17, 15) is 31.9 Å². The van der Waals surface area contributed by atoms with E-state index in [1.54, 1.807) is 25.3 Å². The van der Waals surface area contributed by atoms with E-state index in [1.165, 1.54) is 84.0 Å². The fourth-order valence-electron chi connectivity index (χ4n) is 8.07. The van der Waals surface area contributed by atoms with Crippen molar-refractivity contribution in [1.82, 2.24) is 30.7 Å². The van der Waals surface area contributed by atoms with Gasteiger partial charge in [0, 0.05) is 35.8 Å². The Morgan fingerprint density at radius 3 is 1.60 bits per heavy atom. The number of carbonyl (C=O) groups excluding carboxylic acids is 3. The molecule has 3 fully saturated rings. The lowest BCUT2D eigenvalue weighted by Crippen LogP contribution is -2.33. The molecule has 3 saturated heterocycles. The highest BCUT2D eigenvalue weighted by atomic mass is 35.5. The zero-order valence-electron chi connectivity index (χ0n) is 39.2. The molecule has 3 aliphatic rings. The molecule has 3 aromatic carbocycles. The van der Waals surface area contributed by atoms with Gasteiger partial charge in [0.05, 0.1) is 24.8 Å². The second kappa shape index (κ2) is 30.6. The Kier molecular flexibility index (Phi) is 25.1. The molecular formula is C51H71ClF4N6O5. The zero-order valence-corrected chi connectivity index (χ0v) is 40.0. The molecule has 0 saturated carbocycles. The Labute approximate surface area is 399 Å². The summed E-state index contributed by atoms with van der Waals surface area (Å²) >= 11 is 5.94. The summed E-state index contributed by atoms with van der Waals surface area (Å²) in [5, 5.41) is 9.01. The third-order valence-electron chi connectivity index (χ3n) is 11.8. The Balaban J connectivity index is 0.000000220. The SMILES string of the molecule is C=CCCOc1ccc(C(=O)NCCCN2CCCCC2)cc1.COc1ccc(Cl)cc1C(=O)NCCCN1CCCCC1.O=C(NCCCN1CCCCC1)c1cc(F)cc(C(F)(F)F)c1. The minimum atomic E-state index is -4.68. The summed E-state index contributed by atoms with van der Waals surface area (Å²) < 4.78 is 61.9. The fourth-order valence-corrected chi connectivity index (χ4v) is 8.24. The summed E-state index contributed by atoms with van der Waals surface area (Å²) in [5.74, 6) is -0.567. The van der Waals surface area contributed by atoms with Gasteiger partial charge >= 0.3 is 6.18 Å². The minimum absolute atomic E-state index is 0.0127. The van der Waals surface area contributed by atoms with Crippen molar-refractivity contribution in [2.75, 3.05) is 92.3 Å². The summed E-state index contributed by atoms with van der Waals surface area (Å²) in [7, 11) is 1.55. The number of likely N-dealkylation sites (tertiary alicyclic amines) is 3. The van der Waals surface area contributed by atoms with Crippen LogP contribution in [0.25, 0.3) is 0 Å². The van der Waals surface area contributed by atoms with Crippen LogP contribution in [0, 0.1) is 5.82 Å². The van der Waals surface area contributed by atoms with Gasteiger partial charge in [0.25, 0.3) is 17.7 Å². The lowest BCUT2D eigenvalue weighted by atomic mass is 10.1. The minimum Gasteiger partial charge on any atom is -0.496 e. The summed E-state index contributed by atoms with van der Waals surface area (Å²) in [6.07, 6.45) is 12.2. The number of nitrogens with one attached hydrogen (secondary N) is 3. The molecule has 0 bridgehead atoms. The Hall–Kier alpha value is -4.70. The molecule has 3 N–H and O–H groups in total.